The van der Waals surface area contributed by atoms with Gasteiger partial charge >= 0.3 is 12.1 Å². The van der Waals surface area contributed by atoms with Crippen LogP contribution in [-0.4, -0.2) is 66.5 Å². The molecule has 1 aliphatic rings. The molecular weight excluding hydrogens is 631 g/mol. The lowest BCUT2D eigenvalue weighted by molar-refractivity contribution is -0.189. The fourth-order valence-corrected chi connectivity index (χ4v) is 5.60. The highest BCUT2D eigenvalue weighted by atomic mass is 19.4. The van der Waals surface area contributed by atoms with Crippen LogP contribution in [0, 0.1) is 0 Å². The zero-order chi connectivity index (χ0) is 34.6. The van der Waals surface area contributed by atoms with Crippen LogP contribution in [0.5, 0.6) is 5.75 Å². The first kappa shape index (κ1) is 35.1. The van der Waals surface area contributed by atoms with E-state index in [1.54, 1.807) is 29.2 Å². The number of rotatable bonds is 13. The molecule has 2 amide bonds. The Hall–Kier alpha value is -5.22. The zero-order valence-corrected chi connectivity index (χ0v) is 27.0. The van der Waals surface area contributed by atoms with E-state index in [9.17, 15) is 27.6 Å². The molecule has 1 fully saturated rings. The average molecular weight is 670 g/mol. The van der Waals surface area contributed by atoms with E-state index in [2.05, 4.69) is 15.0 Å². The standard InChI is InChI=1S/C39H38F3N3O4/c40-39(41,42)38(48)49-35-17-14-30(15-18-35)20-24-45(36(46)19-16-29-8-2-1-3-9-29)28-31-10-6-11-32(26-31)33-12-7-13-34(27-33)37(47)43-21-25-44-22-4-5-23-44/h1-3,6-19,26-27H,4-5,20-25,28H2,(H,43,47). The molecule has 4 aromatic carbocycles. The second-order valence-electron chi connectivity index (χ2n) is 11.9. The lowest BCUT2D eigenvalue weighted by Gasteiger charge is -2.22. The normalized spacial score (nSPS) is 13.4. The van der Waals surface area contributed by atoms with Gasteiger partial charge in [-0.3, -0.25) is 9.59 Å². The Morgan fingerprint density at radius 2 is 1.51 bits per heavy atom. The van der Waals surface area contributed by atoms with Crippen LogP contribution in [-0.2, 0) is 22.6 Å². The highest BCUT2D eigenvalue weighted by molar-refractivity contribution is 5.95. The molecule has 49 heavy (non-hydrogen) atoms. The topological polar surface area (TPSA) is 79.0 Å². The van der Waals surface area contributed by atoms with Crippen LogP contribution in [0.25, 0.3) is 17.2 Å². The minimum atomic E-state index is -5.09. The minimum absolute atomic E-state index is 0.120. The van der Waals surface area contributed by atoms with Crippen LogP contribution in [0.4, 0.5) is 13.2 Å². The van der Waals surface area contributed by atoms with E-state index in [1.807, 2.05) is 72.8 Å². The van der Waals surface area contributed by atoms with Gasteiger partial charge in [0, 0.05) is 37.8 Å². The summed E-state index contributed by atoms with van der Waals surface area (Å²) in [4.78, 5) is 41.6. The smallest absolute Gasteiger partial charge is 0.420 e. The molecule has 1 saturated heterocycles. The Labute approximate surface area is 284 Å². The Bertz CT molecular complexity index is 1750. The second-order valence-corrected chi connectivity index (χ2v) is 11.9. The first-order chi connectivity index (χ1) is 23.6. The fourth-order valence-electron chi connectivity index (χ4n) is 5.60. The lowest BCUT2D eigenvalue weighted by atomic mass is 10.0. The van der Waals surface area contributed by atoms with Gasteiger partial charge < -0.3 is 19.9 Å². The summed E-state index contributed by atoms with van der Waals surface area (Å²) in [5.74, 6) is -2.83. The van der Waals surface area contributed by atoms with E-state index in [-0.39, 0.29) is 17.6 Å². The number of nitrogens with zero attached hydrogens (tertiary/aromatic N) is 2. The fraction of sp³-hybridized carbons (Fsp3) is 0.256. The van der Waals surface area contributed by atoms with E-state index in [4.69, 9.17) is 0 Å². The van der Waals surface area contributed by atoms with E-state index in [0.29, 0.717) is 31.6 Å². The number of alkyl halides is 3. The highest BCUT2D eigenvalue weighted by Gasteiger charge is 2.41. The number of hydrogen-bond donors (Lipinski definition) is 1. The van der Waals surface area contributed by atoms with Gasteiger partial charge in [0.1, 0.15) is 5.75 Å². The molecular formula is C39H38F3N3O4. The summed E-state index contributed by atoms with van der Waals surface area (Å²) in [6.07, 6.45) is 0.995. The Balaban J connectivity index is 1.27. The summed E-state index contributed by atoms with van der Waals surface area (Å²) in [7, 11) is 0. The summed E-state index contributed by atoms with van der Waals surface area (Å²) >= 11 is 0. The lowest BCUT2D eigenvalue weighted by Crippen LogP contribution is -2.33. The average Bonchev–Trinajstić information content (AvgIpc) is 3.63. The van der Waals surface area contributed by atoms with Gasteiger partial charge in [-0.15, -0.1) is 0 Å². The van der Waals surface area contributed by atoms with Crippen LogP contribution >= 0.6 is 0 Å². The molecule has 0 aliphatic carbocycles. The molecule has 4 aromatic rings. The third-order valence-electron chi connectivity index (χ3n) is 8.24. The van der Waals surface area contributed by atoms with Crippen molar-refractivity contribution in [1.29, 1.82) is 0 Å². The molecule has 1 N–H and O–H groups in total. The third-order valence-corrected chi connectivity index (χ3v) is 8.24. The van der Waals surface area contributed by atoms with Gasteiger partial charge in [0.05, 0.1) is 0 Å². The molecule has 0 aromatic heterocycles. The molecule has 0 spiro atoms. The first-order valence-corrected chi connectivity index (χ1v) is 16.2. The van der Waals surface area contributed by atoms with Crippen molar-refractivity contribution >= 4 is 23.9 Å². The van der Waals surface area contributed by atoms with Crippen molar-refractivity contribution in [3.05, 3.63) is 131 Å². The van der Waals surface area contributed by atoms with Crippen molar-refractivity contribution < 1.29 is 32.3 Å². The molecule has 0 saturated carbocycles. The Kier molecular flexibility index (Phi) is 12.0. The summed E-state index contributed by atoms with van der Waals surface area (Å²) in [5.41, 5.74) is 4.87. The Morgan fingerprint density at radius 3 is 2.22 bits per heavy atom. The monoisotopic (exact) mass is 669 g/mol. The zero-order valence-electron chi connectivity index (χ0n) is 27.0. The SMILES string of the molecule is O=C(NCCN1CCCC1)c1cccc(-c2cccc(CN(CCc3ccc(OC(=O)C(F)(F)F)cc3)C(=O)C=Cc3ccccc3)c2)c1. The quantitative estimate of drug-likeness (QED) is 0.0949. The minimum Gasteiger partial charge on any atom is -0.420 e. The molecule has 0 atom stereocenters. The third kappa shape index (κ3) is 10.6. The van der Waals surface area contributed by atoms with Gasteiger partial charge in [-0.05, 0) is 96.6 Å². The van der Waals surface area contributed by atoms with Crippen molar-refractivity contribution in [3.8, 4) is 16.9 Å². The predicted molar refractivity (Wildman–Crippen MR) is 183 cm³/mol. The van der Waals surface area contributed by atoms with Gasteiger partial charge in [0.15, 0.2) is 0 Å². The maximum absolute atomic E-state index is 13.5. The van der Waals surface area contributed by atoms with E-state index >= 15 is 0 Å². The van der Waals surface area contributed by atoms with Crippen LogP contribution < -0.4 is 10.1 Å². The number of nitrogens with one attached hydrogen (secondary N) is 1. The number of ether oxygens (including phenoxy) is 1. The molecule has 7 nitrogen and oxygen atoms in total. The van der Waals surface area contributed by atoms with Crippen molar-refractivity contribution in [2.45, 2.75) is 32.0 Å². The van der Waals surface area contributed by atoms with Crippen molar-refractivity contribution in [1.82, 2.24) is 15.1 Å². The Morgan fingerprint density at radius 1 is 0.816 bits per heavy atom. The number of carbonyl (C=O) groups excluding carboxylic acids is 3. The van der Waals surface area contributed by atoms with E-state index in [0.717, 1.165) is 47.5 Å². The maximum atomic E-state index is 13.5. The number of carbonyl (C=O) groups is 3. The van der Waals surface area contributed by atoms with E-state index in [1.165, 1.54) is 31.1 Å². The number of hydrogen-bond acceptors (Lipinski definition) is 5. The molecule has 5 rings (SSSR count). The number of esters is 1. The van der Waals surface area contributed by atoms with Crippen LogP contribution in [0.3, 0.4) is 0 Å². The molecule has 254 valence electrons. The van der Waals surface area contributed by atoms with Gasteiger partial charge in [-0.25, -0.2) is 4.79 Å². The summed E-state index contributed by atoms with van der Waals surface area (Å²) in [6, 6.07) is 30.5. The van der Waals surface area contributed by atoms with Gasteiger partial charge in [0.2, 0.25) is 5.91 Å². The van der Waals surface area contributed by atoms with Crippen molar-refractivity contribution in [3.63, 3.8) is 0 Å². The van der Waals surface area contributed by atoms with Gasteiger partial charge in [-0.1, -0.05) is 72.8 Å². The largest absolute Gasteiger partial charge is 0.491 e. The second kappa shape index (κ2) is 16.7. The van der Waals surface area contributed by atoms with Crippen LogP contribution in [0.1, 0.15) is 39.9 Å². The van der Waals surface area contributed by atoms with E-state index < -0.39 is 12.1 Å². The number of likely N-dealkylation sites (tertiary alicyclic amines) is 1. The van der Waals surface area contributed by atoms with Crippen LogP contribution in [0.15, 0.2) is 109 Å². The van der Waals surface area contributed by atoms with Gasteiger partial charge in [0.25, 0.3) is 5.91 Å². The molecule has 0 bridgehead atoms. The number of halogens is 3. The van der Waals surface area contributed by atoms with Gasteiger partial charge in [-0.2, -0.15) is 13.2 Å². The summed E-state index contributed by atoms with van der Waals surface area (Å²) in [6.45, 7) is 4.20. The molecule has 0 unspecified atom stereocenters. The van der Waals surface area contributed by atoms with Crippen molar-refractivity contribution in [2.75, 3.05) is 32.7 Å². The van der Waals surface area contributed by atoms with Crippen molar-refractivity contribution in [2.24, 2.45) is 0 Å². The molecule has 1 aliphatic heterocycles. The molecule has 1 heterocycles. The predicted octanol–water partition coefficient (Wildman–Crippen LogP) is 6.93. The first-order valence-electron chi connectivity index (χ1n) is 16.2. The van der Waals surface area contributed by atoms with Crippen LogP contribution in [0.2, 0.25) is 0 Å². The summed E-state index contributed by atoms with van der Waals surface area (Å²) < 4.78 is 42.1. The number of amides is 2. The highest BCUT2D eigenvalue weighted by Crippen LogP contribution is 2.24. The number of benzene rings is 4. The summed E-state index contributed by atoms with van der Waals surface area (Å²) in [5, 5.41) is 3.02. The molecule has 10 heteroatoms. The maximum Gasteiger partial charge on any atom is 0.491 e. The molecule has 0 radical (unpaired) electrons.